The molecule has 0 aliphatic carbocycles. The Morgan fingerprint density at radius 3 is 2.34 bits per heavy atom. The van der Waals surface area contributed by atoms with Crippen LogP contribution in [0.25, 0.3) is 0 Å². The van der Waals surface area contributed by atoms with Gasteiger partial charge in [-0.15, -0.1) is 0 Å². The largest absolute Gasteiger partial charge is 0.445 e. The molecule has 0 saturated carbocycles. The van der Waals surface area contributed by atoms with E-state index in [1.165, 1.54) is 17.7 Å². The van der Waals surface area contributed by atoms with Crippen molar-refractivity contribution in [2.45, 2.75) is 38.5 Å². The first-order valence-corrected chi connectivity index (χ1v) is 11.2. The summed E-state index contributed by atoms with van der Waals surface area (Å²) in [4.78, 5) is 14.6. The molecule has 1 N–H and O–H groups in total. The molecule has 0 atom stereocenters. The molecular formula is C27H29FN2O2. The number of halogens is 1. The molecule has 3 aromatic rings. The fraction of sp³-hybridized carbons (Fsp3) is 0.296. The van der Waals surface area contributed by atoms with E-state index in [0.717, 1.165) is 49.2 Å². The average Bonchev–Trinajstić information content (AvgIpc) is 2.84. The first-order chi connectivity index (χ1) is 15.7. The standard InChI is InChI=1S/C27H29FN2O2/c28-25-12-10-21(11-13-25)19-30-16-14-23(15-17-30)26-9-5-4-8-24(26)18-29-27(31)32-20-22-6-2-1-3-7-22/h1-13,23H,14-20H2,(H,29,31). The minimum absolute atomic E-state index is 0.193. The number of carbonyl (C=O) groups excluding carboxylic acids is 1. The minimum atomic E-state index is -0.405. The number of amides is 1. The number of likely N-dealkylation sites (tertiary alicyclic amines) is 1. The zero-order valence-corrected chi connectivity index (χ0v) is 18.2. The van der Waals surface area contributed by atoms with Crippen LogP contribution in [0.3, 0.4) is 0 Å². The van der Waals surface area contributed by atoms with Crippen LogP contribution in [0.4, 0.5) is 9.18 Å². The Morgan fingerprint density at radius 1 is 0.906 bits per heavy atom. The fourth-order valence-electron chi connectivity index (χ4n) is 4.29. The van der Waals surface area contributed by atoms with Crippen LogP contribution in [0.2, 0.25) is 0 Å². The highest BCUT2D eigenvalue weighted by atomic mass is 19.1. The van der Waals surface area contributed by atoms with Crippen molar-refractivity contribution < 1.29 is 13.9 Å². The number of nitrogens with zero attached hydrogens (tertiary/aromatic N) is 1. The van der Waals surface area contributed by atoms with Gasteiger partial charge < -0.3 is 10.1 Å². The van der Waals surface area contributed by atoms with Gasteiger partial charge in [0.05, 0.1) is 0 Å². The van der Waals surface area contributed by atoms with E-state index in [2.05, 4.69) is 28.4 Å². The van der Waals surface area contributed by atoms with Crippen molar-refractivity contribution >= 4 is 6.09 Å². The quantitative estimate of drug-likeness (QED) is 0.526. The molecular weight excluding hydrogens is 403 g/mol. The Labute approximate surface area is 189 Å². The van der Waals surface area contributed by atoms with Gasteiger partial charge in [-0.2, -0.15) is 0 Å². The second-order valence-corrected chi connectivity index (χ2v) is 8.29. The minimum Gasteiger partial charge on any atom is -0.445 e. The van der Waals surface area contributed by atoms with E-state index in [1.54, 1.807) is 0 Å². The van der Waals surface area contributed by atoms with Crippen LogP contribution in [-0.2, 0) is 24.4 Å². The lowest BCUT2D eigenvalue weighted by atomic mass is 9.86. The molecule has 1 amide bonds. The maximum atomic E-state index is 13.1. The van der Waals surface area contributed by atoms with Gasteiger partial charge in [0, 0.05) is 13.1 Å². The Balaban J connectivity index is 1.27. The summed E-state index contributed by atoms with van der Waals surface area (Å²) in [6, 6.07) is 24.8. The lowest BCUT2D eigenvalue weighted by Gasteiger charge is -2.33. The zero-order valence-electron chi connectivity index (χ0n) is 18.2. The van der Waals surface area contributed by atoms with E-state index in [4.69, 9.17) is 4.74 Å². The lowest BCUT2D eigenvalue weighted by Crippen LogP contribution is -2.33. The van der Waals surface area contributed by atoms with E-state index in [0.29, 0.717) is 12.5 Å². The normalized spacial score (nSPS) is 14.8. The molecule has 4 nitrogen and oxygen atoms in total. The van der Waals surface area contributed by atoms with Gasteiger partial charge >= 0.3 is 6.09 Å². The summed E-state index contributed by atoms with van der Waals surface area (Å²) in [7, 11) is 0. The monoisotopic (exact) mass is 432 g/mol. The van der Waals surface area contributed by atoms with Gasteiger partial charge in [0.1, 0.15) is 12.4 Å². The molecule has 1 heterocycles. The number of alkyl carbamates (subject to hydrolysis) is 1. The van der Waals surface area contributed by atoms with Crippen molar-refractivity contribution in [2.24, 2.45) is 0 Å². The lowest BCUT2D eigenvalue weighted by molar-refractivity contribution is 0.139. The Bertz CT molecular complexity index is 1000. The number of hydrogen-bond donors (Lipinski definition) is 1. The van der Waals surface area contributed by atoms with Gasteiger partial charge in [0.15, 0.2) is 0 Å². The molecule has 5 heteroatoms. The van der Waals surface area contributed by atoms with Gasteiger partial charge in [-0.05, 0) is 66.2 Å². The molecule has 32 heavy (non-hydrogen) atoms. The molecule has 1 saturated heterocycles. The fourth-order valence-corrected chi connectivity index (χ4v) is 4.29. The highest BCUT2D eigenvalue weighted by Crippen LogP contribution is 2.31. The van der Waals surface area contributed by atoms with E-state index >= 15 is 0 Å². The van der Waals surface area contributed by atoms with Crippen molar-refractivity contribution in [3.63, 3.8) is 0 Å². The third-order valence-electron chi connectivity index (χ3n) is 6.04. The highest BCUT2D eigenvalue weighted by Gasteiger charge is 2.22. The predicted octanol–water partition coefficient (Wildman–Crippen LogP) is 5.63. The zero-order chi connectivity index (χ0) is 22.2. The number of nitrogens with one attached hydrogen (secondary N) is 1. The van der Waals surface area contributed by atoms with Crippen molar-refractivity contribution in [3.8, 4) is 0 Å². The number of piperidine rings is 1. The Hall–Kier alpha value is -3.18. The molecule has 166 valence electrons. The number of carbonyl (C=O) groups is 1. The van der Waals surface area contributed by atoms with Gasteiger partial charge in [0.25, 0.3) is 0 Å². The van der Waals surface area contributed by atoms with Crippen LogP contribution < -0.4 is 5.32 Å². The van der Waals surface area contributed by atoms with Crippen molar-refractivity contribution in [2.75, 3.05) is 13.1 Å². The topological polar surface area (TPSA) is 41.6 Å². The summed E-state index contributed by atoms with van der Waals surface area (Å²) in [5.41, 5.74) is 4.55. The number of benzene rings is 3. The predicted molar refractivity (Wildman–Crippen MR) is 124 cm³/mol. The molecule has 1 aliphatic rings. The van der Waals surface area contributed by atoms with Crippen LogP contribution >= 0.6 is 0 Å². The van der Waals surface area contributed by atoms with Gasteiger partial charge in [-0.25, -0.2) is 9.18 Å². The highest BCUT2D eigenvalue weighted by molar-refractivity contribution is 5.67. The maximum Gasteiger partial charge on any atom is 0.407 e. The van der Waals surface area contributed by atoms with E-state index in [9.17, 15) is 9.18 Å². The smallest absolute Gasteiger partial charge is 0.407 e. The molecule has 0 spiro atoms. The second kappa shape index (κ2) is 10.9. The molecule has 3 aromatic carbocycles. The SMILES string of the molecule is O=C(NCc1ccccc1C1CCN(Cc2ccc(F)cc2)CC1)OCc1ccccc1. The Morgan fingerprint density at radius 2 is 1.59 bits per heavy atom. The van der Waals surface area contributed by atoms with Crippen molar-refractivity contribution in [1.82, 2.24) is 10.2 Å². The van der Waals surface area contributed by atoms with Crippen LogP contribution in [0.15, 0.2) is 78.9 Å². The second-order valence-electron chi connectivity index (χ2n) is 8.29. The molecule has 0 unspecified atom stereocenters. The third kappa shape index (κ3) is 6.17. The molecule has 1 aliphatic heterocycles. The summed E-state index contributed by atoms with van der Waals surface area (Å²) in [6.07, 6.45) is 1.73. The van der Waals surface area contributed by atoms with Crippen molar-refractivity contribution in [1.29, 1.82) is 0 Å². The van der Waals surface area contributed by atoms with Crippen LogP contribution in [0.5, 0.6) is 0 Å². The molecule has 1 fully saturated rings. The van der Waals surface area contributed by atoms with Crippen LogP contribution in [0, 0.1) is 5.82 Å². The first-order valence-electron chi connectivity index (χ1n) is 11.2. The number of rotatable bonds is 7. The van der Waals surface area contributed by atoms with Crippen molar-refractivity contribution in [3.05, 3.63) is 107 Å². The number of ether oxygens (including phenoxy) is 1. The average molecular weight is 433 g/mol. The van der Waals surface area contributed by atoms with Gasteiger partial charge in [-0.3, -0.25) is 4.90 Å². The number of hydrogen-bond acceptors (Lipinski definition) is 3. The molecule has 0 radical (unpaired) electrons. The summed E-state index contributed by atoms with van der Waals surface area (Å²) < 4.78 is 18.5. The van der Waals surface area contributed by atoms with E-state index in [1.807, 2.05) is 48.5 Å². The summed E-state index contributed by atoms with van der Waals surface area (Å²) in [5, 5.41) is 2.89. The maximum absolute atomic E-state index is 13.1. The molecule has 4 rings (SSSR count). The van der Waals surface area contributed by atoms with Crippen LogP contribution in [0.1, 0.15) is 41.0 Å². The first kappa shape index (κ1) is 22.0. The molecule has 0 bridgehead atoms. The van der Waals surface area contributed by atoms with E-state index in [-0.39, 0.29) is 12.4 Å². The third-order valence-corrected chi connectivity index (χ3v) is 6.04. The summed E-state index contributed by atoms with van der Waals surface area (Å²) in [5.74, 6) is 0.277. The Kier molecular flexibility index (Phi) is 7.51. The van der Waals surface area contributed by atoms with Gasteiger partial charge in [0.2, 0.25) is 0 Å². The summed E-state index contributed by atoms with van der Waals surface area (Å²) >= 11 is 0. The van der Waals surface area contributed by atoms with Crippen LogP contribution in [-0.4, -0.2) is 24.1 Å². The molecule has 0 aromatic heterocycles. The summed E-state index contributed by atoms with van der Waals surface area (Å²) in [6.45, 7) is 3.58. The van der Waals surface area contributed by atoms with Gasteiger partial charge in [-0.1, -0.05) is 66.7 Å². The van der Waals surface area contributed by atoms with E-state index < -0.39 is 6.09 Å².